The maximum Gasteiger partial charge on any atom is 0.153 e. The number of nitrogens with one attached hydrogen (secondary N) is 1. The van der Waals surface area contributed by atoms with Crippen molar-refractivity contribution in [2.24, 2.45) is 0 Å². The van der Waals surface area contributed by atoms with Gasteiger partial charge in [-0.25, -0.2) is 8.42 Å². The molecule has 1 heterocycles. The van der Waals surface area contributed by atoms with Crippen LogP contribution in [0.3, 0.4) is 0 Å². The quantitative estimate of drug-likeness (QED) is 0.760. The first-order valence-corrected chi connectivity index (χ1v) is 9.57. The number of hydrogen-bond donors (Lipinski definition) is 1. The van der Waals surface area contributed by atoms with Crippen LogP contribution >= 0.6 is 15.9 Å². The van der Waals surface area contributed by atoms with Crippen molar-refractivity contribution in [2.75, 3.05) is 49.8 Å². The van der Waals surface area contributed by atoms with Gasteiger partial charge in [0, 0.05) is 43.4 Å². The molecule has 2 rings (SSSR count). The van der Waals surface area contributed by atoms with E-state index < -0.39 is 9.84 Å². The zero-order valence-corrected chi connectivity index (χ0v) is 14.5. The third-order valence-electron chi connectivity index (χ3n) is 3.53. The van der Waals surface area contributed by atoms with Crippen LogP contribution in [0.5, 0.6) is 0 Å². The van der Waals surface area contributed by atoms with Crippen molar-refractivity contribution in [1.29, 1.82) is 0 Å². The summed E-state index contributed by atoms with van der Waals surface area (Å²) in [6.07, 6.45) is 0. The van der Waals surface area contributed by atoms with Crippen LogP contribution in [0.25, 0.3) is 0 Å². The van der Waals surface area contributed by atoms with E-state index in [1.807, 2.05) is 6.07 Å². The molecule has 21 heavy (non-hydrogen) atoms. The minimum atomic E-state index is -2.85. The predicted octanol–water partition coefficient (Wildman–Crippen LogP) is 1.42. The second-order valence-corrected chi connectivity index (χ2v) is 8.30. The van der Waals surface area contributed by atoms with Gasteiger partial charge in [0.1, 0.15) is 0 Å². The molecule has 1 aromatic rings. The molecule has 1 aromatic carbocycles. The van der Waals surface area contributed by atoms with Crippen molar-refractivity contribution in [3.05, 3.63) is 28.2 Å². The number of rotatable bonds is 6. The van der Waals surface area contributed by atoms with E-state index in [4.69, 9.17) is 4.74 Å². The van der Waals surface area contributed by atoms with Crippen LogP contribution in [0, 0.1) is 0 Å². The molecule has 0 spiro atoms. The van der Waals surface area contributed by atoms with Gasteiger partial charge in [-0.15, -0.1) is 0 Å². The predicted molar refractivity (Wildman–Crippen MR) is 88.6 cm³/mol. The fraction of sp³-hybridized carbons (Fsp3) is 0.571. The average molecular weight is 377 g/mol. The Balaban J connectivity index is 2.08. The molecule has 1 aliphatic heterocycles. The molecule has 0 aromatic heterocycles. The molecular weight excluding hydrogens is 356 g/mol. The Labute approximate surface area is 134 Å². The maximum absolute atomic E-state index is 11.6. The molecule has 0 radical (unpaired) electrons. The van der Waals surface area contributed by atoms with E-state index in [1.54, 1.807) is 7.11 Å². The smallest absolute Gasteiger partial charge is 0.153 e. The Bertz CT molecular complexity index is 564. The third-order valence-corrected chi connectivity index (χ3v) is 5.63. The fourth-order valence-electron chi connectivity index (χ4n) is 2.35. The molecule has 1 N–H and O–H groups in total. The summed E-state index contributed by atoms with van der Waals surface area (Å²) in [6.45, 7) is 3.33. The highest BCUT2D eigenvalue weighted by molar-refractivity contribution is 9.10. The van der Waals surface area contributed by atoms with Gasteiger partial charge in [-0.2, -0.15) is 0 Å². The molecular formula is C14H21BrN2O3S. The number of sulfone groups is 1. The molecule has 5 nitrogen and oxygen atoms in total. The average Bonchev–Trinajstić information content (AvgIpc) is 2.44. The molecule has 0 amide bonds. The molecule has 0 aliphatic carbocycles. The number of ether oxygens (including phenoxy) is 1. The zero-order valence-electron chi connectivity index (χ0n) is 12.1. The summed E-state index contributed by atoms with van der Waals surface area (Å²) in [5.74, 6) is 0.471. The Hall–Kier alpha value is -0.630. The largest absolute Gasteiger partial charge is 0.383 e. The number of methoxy groups -OCH3 is 1. The first kappa shape index (κ1) is 16.7. The lowest BCUT2D eigenvalue weighted by molar-refractivity contribution is 0.199. The highest BCUT2D eigenvalue weighted by Gasteiger charge is 2.23. The molecule has 7 heteroatoms. The third kappa shape index (κ3) is 4.95. The number of hydrogen-bond acceptors (Lipinski definition) is 5. The molecule has 118 valence electrons. The lowest BCUT2D eigenvalue weighted by Crippen LogP contribution is -2.40. The van der Waals surface area contributed by atoms with Crippen molar-refractivity contribution in [3.8, 4) is 0 Å². The second kappa shape index (κ2) is 7.58. The molecule has 0 saturated carbocycles. The van der Waals surface area contributed by atoms with Gasteiger partial charge in [-0.05, 0) is 23.8 Å². The number of nitrogens with zero attached hydrogens (tertiary/aromatic N) is 1. The summed E-state index contributed by atoms with van der Waals surface area (Å²) in [5.41, 5.74) is 2.28. The van der Waals surface area contributed by atoms with Gasteiger partial charge in [0.25, 0.3) is 0 Å². The topological polar surface area (TPSA) is 58.6 Å². The SMILES string of the molecule is COCCNCc1cc(Br)ccc1N1CCS(=O)(=O)CC1. The van der Waals surface area contributed by atoms with Gasteiger partial charge in [0.05, 0.1) is 18.1 Å². The van der Waals surface area contributed by atoms with E-state index in [1.165, 1.54) is 5.56 Å². The highest BCUT2D eigenvalue weighted by Crippen LogP contribution is 2.26. The summed E-state index contributed by atoms with van der Waals surface area (Å²) in [5, 5.41) is 3.33. The van der Waals surface area contributed by atoms with Crippen LogP contribution in [0.1, 0.15) is 5.56 Å². The minimum absolute atomic E-state index is 0.236. The molecule has 1 aliphatic rings. The van der Waals surface area contributed by atoms with Crippen molar-refractivity contribution in [2.45, 2.75) is 6.54 Å². The van der Waals surface area contributed by atoms with E-state index in [2.05, 4.69) is 38.3 Å². The molecule has 0 bridgehead atoms. The standard InChI is InChI=1S/C14H21BrN2O3S/c1-20-7-4-16-11-12-10-13(15)2-3-14(12)17-5-8-21(18,19)9-6-17/h2-3,10,16H,4-9,11H2,1H3. The first-order valence-electron chi connectivity index (χ1n) is 6.95. The Morgan fingerprint density at radius 2 is 2.05 bits per heavy atom. The number of halogens is 1. The Kier molecular flexibility index (Phi) is 6.04. The molecule has 0 atom stereocenters. The van der Waals surface area contributed by atoms with Crippen molar-refractivity contribution >= 4 is 31.5 Å². The summed E-state index contributed by atoms with van der Waals surface area (Å²) < 4.78 is 29.2. The molecule has 1 saturated heterocycles. The van der Waals surface area contributed by atoms with E-state index in [9.17, 15) is 8.42 Å². The molecule has 0 unspecified atom stereocenters. The van der Waals surface area contributed by atoms with Crippen molar-refractivity contribution < 1.29 is 13.2 Å². The summed E-state index contributed by atoms with van der Waals surface area (Å²) in [4.78, 5) is 2.15. The van der Waals surface area contributed by atoms with Gasteiger partial charge in [0.15, 0.2) is 9.84 Å². The van der Waals surface area contributed by atoms with E-state index >= 15 is 0 Å². The van der Waals surface area contributed by atoms with Crippen LogP contribution in [-0.4, -0.2) is 53.3 Å². The lowest BCUT2D eigenvalue weighted by Gasteiger charge is -2.30. The Morgan fingerprint density at radius 3 is 2.71 bits per heavy atom. The van der Waals surface area contributed by atoms with Gasteiger partial charge < -0.3 is 15.0 Å². The second-order valence-electron chi connectivity index (χ2n) is 5.08. The fourth-order valence-corrected chi connectivity index (χ4v) is 3.96. The highest BCUT2D eigenvalue weighted by atomic mass is 79.9. The maximum atomic E-state index is 11.6. The zero-order chi connectivity index (χ0) is 15.3. The Morgan fingerprint density at radius 1 is 1.33 bits per heavy atom. The minimum Gasteiger partial charge on any atom is -0.383 e. The van der Waals surface area contributed by atoms with E-state index in [-0.39, 0.29) is 11.5 Å². The normalized spacial score (nSPS) is 17.9. The number of benzene rings is 1. The van der Waals surface area contributed by atoms with Crippen LogP contribution in [0.4, 0.5) is 5.69 Å². The van der Waals surface area contributed by atoms with Gasteiger partial charge >= 0.3 is 0 Å². The van der Waals surface area contributed by atoms with Crippen LogP contribution in [-0.2, 0) is 21.1 Å². The first-order chi connectivity index (χ1) is 10.0. The van der Waals surface area contributed by atoms with Gasteiger partial charge in [0.2, 0.25) is 0 Å². The monoisotopic (exact) mass is 376 g/mol. The van der Waals surface area contributed by atoms with Crippen molar-refractivity contribution in [3.63, 3.8) is 0 Å². The lowest BCUT2D eigenvalue weighted by atomic mass is 10.1. The van der Waals surface area contributed by atoms with Gasteiger partial charge in [-0.3, -0.25) is 0 Å². The van der Waals surface area contributed by atoms with Crippen molar-refractivity contribution in [1.82, 2.24) is 5.32 Å². The van der Waals surface area contributed by atoms with E-state index in [0.29, 0.717) is 19.7 Å². The van der Waals surface area contributed by atoms with Gasteiger partial charge in [-0.1, -0.05) is 15.9 Å². The summed E-state index contributed by atoms with van der Waals surface area (Å²) in [7, 11) is -1.17. The van der Waals surface area contributed by atoms with E-state index in [0.717, 1.165) is 23.2 Å². The molecule has 1 fully saturated rings. The number of anilines is 1. The van der Waals surface area contributed by atoms with Crippen LogP contribution in [0.15, 0.2) is 22.7 Å². The summed E-state index contributed by atoms with van der Waals surface area (Å²) >= 11 is 3.49. The summed E-state index contributed by atoms with van der Waals surface area (Å²) in [6, 6.07) is 6.13. The van der Waals surface area contributed by atoms with Crippen LogP contribution in [0.2, 0.25) is 0 Å². The van der Waals surface area contributed by atoms with Crippen LogP contribution < -0.4 is 10.2 Å².